The Morgan fingerprint density at radius 1 is 1.26 bits per heavy atom. The van der Waals surface area contributed by atoms with E-state index in [-0.39, 0.29) is 0 Å². The number of carboxylic acid groups (broad SMARTS) is 1. The van der Waals surface area contributed by atoms with Crippen molar-refractivity contribution in [2.24, 2.45) is 11.7 Å². The van der Waals surface area contributed by atoms with E-state index in [1.165, 1.54) is 0 Å². The zero-order valence-corrected chi connectivity index (χ0v) is 11.2. The molecular weight excluding hydrogens is 246 g/mol. The molecule has 106 valence electrons. The fourth-order valence-corrected chi connectivity index (χ4v) is 1.75. The highest BCUT2D eigenvalue weighted by Crippen LogP contribution is 2.26. The summed E-state index contributed by atoms with van der Waals surface area (Å²) in [5.41, 5.74) is 5.39. The molecule has 0 aliphatic carbocycles. The molecule has 3 N–H and O–H groups in total. The molecule has 0 saturated heterocycles. The fraction of sp³-hybridized carbons (Fsp3) is 0.500. The molecular formula is C14H21NO4. The second-order valence-corrected chi connectivity index (χ2v) is 4.13. The van der Waals surface area contributed by atoms with Crippen LogP contribution in [0.5, 0.6) is 11.5 Å². The summed E-state index contributed by atoms with van der Waals surface area (Å²) >= 11 is 0. The molecule has 0 heterocycles. The van der Waals surface area contributed by atoms with Gasteiger partial charge in [0.05, 0.1) is 19.1 Å². The Morgan fingerprint density at radius 2 is 1.89 bits per heavy atom. The fourth-order valence-electron chi connectivity index (χ4n) is 1.75. The summed E-state index contributed by atoms with van der Waals surface area (Å²) in [6, 6.07) is 7.36. The normalized spacial score (nSPS) is 11.9. The molecule has 0 bridgehead atoms. The van der Waals surface area contributed by atoms with Crippen molar-refractivity contribution in [3.05, 3.63) is 24.3 Å². The molecule has 1 aromatic carbocycles. The van der Waals surface area contributed by atoms with Crippen LogP contribution in [0.3, 0.4) is 0 Å². The van der Waals surface area contributed by atoms with E-state index in [4.69, 9.17) is 20.3 Å². The Kier molecular flexibility index (Phi) is 6.74. The lowest BCUT2D eigenvalue weighted by atomic mass is 10.0. The van der Waals surface area contributed by atoms with Crippen LogP contribution in [0.4, 0.5) is 0 Å². The lowest BCUT2D eigenvalue weighted by Gasteiger charge is -2.14. The molecule has 5 nitrogen and oxygen atoms in total. The van der Waals surface area contributed by atoms with Gasteiger partial charge in [-0.05, 0) is 38.4 Å². The first-order chi connectivity index (χ1) is 9.19. The monoisotopic (exact) mass is 267 g/mol. The van der Waals surface area contributed by atoms with Gasteiger partial charge in [0.2, 0.25) is 0 Å². The van der Waals surface area contributed by atoms with Crippen LogP contribution >= 0.6 is 0 Å². The number of hydrogen-bond acceptors (Lipinski definition) is 4. The number of carbonyl (C=O) groups is 1. The van der Waals surface area contributed by atoms with Gasteiger partial charge in [-0.3, -0.25) is 4.79 Å². The molecule has 0 saturated carbocycles. The highest BCUT2D eigenvalue weighted by molar-refractivity contribution is 5.69. The van der Waals surface area contributed by atoms with E-state index in [2.05, 4.69) is 0 Å². The molecule has 0 aromatic heterocycles. The first kappa shape index (κ1) is 15.3. The van der Waals surface area contributed by atoms with Gasteiger partial charge < -0.3 is 20.3 Å². The molecule has 0 aliphatic rings. The molecule has 1 atom stereocenters. The Morgan fingerprint density at radius 3 is 2.42 bits per heavy atom. The van der Waals surface area contributed by atoms with Crippen LogP contribution in [0.25, 0.3) is 0 Å². The van der Waals surface area contributed by atoms with Gasteiger partial charge in [-0.1, -0.05) is 12.1 Å². The van der Waals surface area contributed by atoms with E-state index >= 15 is 0 Å². The van der Waals surface area contributed by atoms with Crippen molar-refractivity contribution in [3.63, 3.8) is 0 Å². The van der Waals surface area contributed by atoms with Crippen molar-refractivity contribution in [2.45, 2.75) is 19.8 Å². The zero-order valence-electron chi connectivity index (χ0n) is 11.2. The lowest BCUT2D eigenvalue weighted by molar-refractivity contribution is -0.142. The van der Waals surface area contributed by atoms with Crippen LogP contribution in [0.15, 0.2) is 24.3 Å². The average molecular weight is 267 g/mol. The van der Waals surface area contributed by atoms with E-state index in [0.29, 0.717) is 44.1 Å². The van der Waals surface area contributed by atoms with Crippen LogP contribution in [0.2, 0.25) is 0 Å². The number of benzene rings is 1. The number of carboxylic acids is 1. The molecule has 1 aromatic rings. The SMILES string of the molecule is CCOc1ccccc1OCCC(CCN)C(=O)O. The number of para-hydroxylation sites is 2. The smallest absolute Gasteiger partial charge is 0.306 e. The number of rotatable bonds is 9. The summed E-state index contributed by atoms with van der Waals surface area (Å²) in [4.78, 5) is 11.0. The minimum Gasteiger partial charge on any atom is -0.490 e. The number of nitrogens with two attached hydrogens (primary N) is 1. The molecule has 19 heavy (non-hydrogen) atoms. The van der Waals surface area contributed by atoms with E-state index in [9.17, 15) is 4.79 Å². The lowest BCUT2D eigenvalue weighted by Crippen LogP contribution is -2.20. The van der Waals surface area contributed by atoms with Gasteiger partial charge in [-0.25, -0.2) is 0 Å². The number of aliphatic carboxylic acids is 1. The summed E-state index contributed by atoms with van der Waals surface area (Å²) in [5.74, 6) is 0.0355. The van der Waals surface area contributed by atoms with Gasteiger partial charge in [0.15, 0.2) is 11.5 Å². The summed E-state index contributed by atoms with van der Waals surface area (Å²) in [5, 5.41) is 9.00. The minimum absolute atomic E-state index is 0.334. The van der Waals surface area contributed by atoms with Crippen molar-refractivity contribution in [1.29, 1.82) is 0 Å². The summed E-state index contributed by atoms with van der Waals surface area (Å²) < 4.78 is 11.0. The van der Waals surface area contributed by atoms with Crippen molar-refractivity contribution >= 4 is 5.97 Å². The predicted octanol–water partition coefficient (Wildman–Crippen LogP) is 1.90. The Bertz CT molecular complexity index is 395. The Balaban J connectivity index is 2.50. The maximum absolute atomic E-state index is 11.0. The van der Waals surface area contributed by atoms with Gasteiger partial charge in [-0.15, -0.1) is 0 Å². The Labute approximate surface area is 113 Å². The van der Waals surface area contributed by atoms with Crippen LogP contribution in [-0.2, 0) is 4.79 Å². The van der Waals surface area contributed by atoms with Gasteiger partial charge in [-0.2, -0.15) is 0 Å². The van der Waals surface area contributed by atoms with Crippen LogP contribution in [0, 0.1) is 5.92 Å². The van der Waals surface area contributed by atoms with Crippen LogP contribution in [-0.4, -0.2) is 30.8 Å². The molecule has 0 fully saturated rings. The minimum atomic E-state index is -0.827. The second-order valence-electron chi connectivity index (χ2n) is 4.13. The van der Waals surface area contributed by atoms with E-state index in [0.717, 1.165) is 0 Å². The van der Waals surface area contributed by atoms with Crippen molar-refractivity contribution < 1.29 is 19.4 Å². The highest BCUT2D eigenvalue weighted by atomic mass is 16.5. The van der Waals surface area contributed by atoms with Crippen molar-refractivity contribution in [3.8, 4) is 11.5 Å². The number of ether oxygens (including phenoxy) is 2. The van der Waals surface area contributed by atoms with Gasteiger partial charge in [0, 0.05) is 0 Å². The first-order valence-electron chi connectivity index (χ1n) is 6.46. The second kappa shape index (κ2) is 8.37. The third-order valence-electron chi connectivity index (χ3n) is 2.74. The highest BCUT2D eigenvalue weighted by Gasteiger charge is 2.16. The van der Waals surface area contributed by atoms with Gasteiger partial charge in [0.25, 0.3) is 0 Å². The van der Waals surface area contributed by atoms with Gasteiger partial charge in [0.1, 0.15) is 0 Å². The summed E-state index contributed by atoms with van der Waals surface area (Å²) in [6.45, 7) is 3.16. The topological polar surface area (TPSA) is 81.8 Å². The van der Waals surface area contributed by atoms with E-state index in [1.807, 2.05) is 31.2 Å². The van der Waals surface area contributed by atoms with Crippen molar-refractivity contribution in [1.82, 2.24) is 0 Å². The first-order valence-corrected chi connectivity index (χ1v) is 6.46. The van der Waals surface area contributed by atoms with Crippen LogP contribution < -0.4 is 15.2 Å². The standard InChI is InChI=1S/C14H21NO4/c1-2-18-12-5-3-4-6-13(12)19-10-8-11(7-9-15)14(16)17/h3-6,11H,2,7-10,15H2,1H3,(H,16,17). The molecule has 0 aliphatic heterocycles. The maximum atomic E-state index is 11.0. The number of hydrogen-bond donors (Lipinski definition) is 2. The maximum Gasteiger partial charge on any atom is 0.306 e. The molecule has 0 amide bonds. The molecule has 5 heteroatoms. The molecule has 1 rings (SSSR count). The Hall–Kier alpha value is -1.75. The third-order valence-corrected chi connectivity index (χ3v) is 2.74. The zero-order chi connectivity index (χ0) is 14.1. The average Bonchev–Trinajstić information content (AvgIpc) is 2.40. The van der Waals surface area contributed by atoms with E-state index in [1.54, 1.807) is 0 Å². The molecule has 1 unspecified atom stereocenters. The summed E-state index contributed by atoms with van der Waals surface area (Å²) in [7, 11) is 0. The largest absolute Gasteiger partial charge is 0.490 e. The van der Waals surface area contributed by atoms with E-state index < -0.39 is 11.9 Å². The molecule has 0 radical (unpaired) electrons. The third kappa shape index (κ3) is 5.18. The predicted molar refractivity (Wildman–Crippen MR) is 72.5 cm³/mol. The summed E-state index contributed by atoms with van der Waals surface area (Å²) in [6.07, 6.45) is 0.902. The van der Waals surface area contributed by atoms with Gasteiger partial charge >= 0.3 is 5.97 Å². The van der Waals surface area contributed by atoms with Crippen molar-refractivity contribution in [2.75, 3.05) is 19.8 Å². The quantitative estimate of drug-likeness (QED) is 0.714. The molecule has 0 spiro atoms. The van der Waals surface area contributed by atoms with Crippen LogP contribution in [0.1, 0.15) is 19.8 Å².